The lowest BCUT2D eigenvalue weighted by Crippen LogP contribution is -2.43. The molecule has 1 unspecified atom stereocenters. The summed E-state index contributed by atoms with van der Waals surface area (Å²) in [4.78, 5) is 29.3. The summed E-state index contributed by atoms with van der Waals surface area (Å²) in [5, 5.41) is 15.0. The molecule has 1 atom stereocenters. The number of benzene rings is 1. The van der Waals surface area contributed by atoms with E-state index in [0.717, 1.165) is 12.8 Å². The van der Waals surface area contributed by atoms with Gasteiger partial charge < -0.3 is 15.6 Å². The second kappa shape index (κ2) is 8.75. The lowest BCUT2D eigenvalue weighted by atomic mass is 9.72. The fourth-order valence-corrected chi connectivity index (χ4v) is 4.06. The van der Waals surface area contributed by atoms with Gasteiger partial charge in [-0.3, -0.25) is 9.79 Å². The molecule has 1 amide bonds. The first-order valence-electron chi connectivity index (χ1n) is 10.4. The number of hydrogen-bond acceptors (Lipinski definition) is 6. The SMILES string of the molecule is CN=C(c1cnc2[nH]cc(C(=O)NC(C)C3CC(C#N)C3)c2n1)c1ccc(F)cc1NC. The van der Waals surface area contributed by atoms with Crippen LogP contribution in [0.1, 0.15) is 41.4 Å². The number of aromatic amines is 1. The number of amides is 1. The molecule has 0 radical (unpaired) electrons. The third-order valence-electron chi connectivity index (χ3n) is 6.02. The van der Waals surface area contributed by atoms with Crippen LogP contribution in [0.2, 0.25) is 0 Å². The zero-order valence-corrected chi connectivity index (χ0v) is 18.1. The zero-order valence-electron chi connectivity index (χ0n) is 18.1. The number of aliphatic imine (C=N–C) groups is 1. The number of nitrogens with zero attached hydrogens (tertiary/aromatic N) is 4. The zero-order chi connectivity index (χ0) is 22.8. The van der Waals surface area contributed by atoms with E-state index in [1.807, 2.05) is 6.92 Å². The number of carbonyl (C=O) groups excluding carboxylic acids is 1. The van der Waals surface area contributed by atoms with Crippen molar-refractivity contribution in [3.63, 3.8) is 0 Å². The molecule has 164 valence electrons. The molecule has 0 aliphatic heterocycles. The third-order valence-corrected chi connectivity index (χ3v) is 6.02. The number of nitriles is 1. The lowest BCUT2D eigenvalue weighted by Gasteiger charge is -2.35. The smallest absolute Gasteiger partial charge is 0.255 e. The molecule has 1 aromatic carbocycles. The predicted octanol–water partition coefficient (Wildman–Crippen LogP) is 3.27. The summed E-state index contributed by atoms with van der Waals surface area (Å²) in [5.41, 5.74) is 3.57. The molecule has 32 heavy (non-hydrogen) atoms. The van der Waals surface area contributed by atoms with Gasteiger partial charge in [0.1, 0.15) is 17.0 Å². The van der Waals surface area contributed by atoms with Gasteiger partial charge in [-0.05, 0) is 43.9 Å². The van der Waals surface area contributed by atoms with Crippen molar-refractivity contribution in [2.75, 3.05) is 19.4 Å². The number of nitrogens with one attached hydrogen (secondary N) is 3. The van der Waals surface area contributed by atoms with E-state index in [9.17, 15) is 9.18 Å². The van der Waals surface area contributed by atoms with Crippen molar-refractivity contribution in [2.45, 2.75) is 25.8 Å². The largest absolute Gasteiger partial charge is 0.387 e. The summed E-state index contributed by atoms with van der Waals surface area (Å²) < 4.78 is 13.7. The van der Waals surface area contributed by atoms with Crippen LogP contribution >= 0.6 is 0 Å². The summed E-state index contributed by atoms with van der Waals surface area (Å²) in [5.74, 6) is -0.223. The summed E-state index contributed by atoms with van der Waals surface area (Å²) >= 11 is 0. The van der Waals surface area contributed by atoms with Crippen LogP contribution in [0.25, 0.3) is 11.2 Å². The van der Waals surface area contributed by atoms with Gasteiger partial charge in [-0.15, -0.1) is 0 Å². The topological polar surface area (TPSA) is 119 Å². The molecule has 1 saturated carbocycles. The Morgan fingerprint density at radius 2 is 2.16 bits per heavy atom. The fraction of sp³-hybridized carbons (Fsp3) is 0.348. The minimum Gasteiger partial charge on any atom is -0.387 e. The van der Waals surface area contributed by atoms with Crippen molar-refractivity contribution in [1.29, 1.82) is 5.26 Å². The molecule has 3 N–H and O–H groups in total. The van der Waals surface area contributed by atoms with Gasteiger partial charge in [0.05, 0.1) is 23.5 Å². The Balaban J connectivity index is 1.63. The monoisotopic (exact) mass is 433 g/mol. The maximum atomic E-state index is 13.7. The molecule has 9 heteroatoms. The van der Waals surface area contributed by atoms with E-state index in [2.05, 4.69) is 36.6 Å². The van der Waals surface area contributed by atoms with Crippen LogP contribution in [0.4, 0.5) is 10.1 Å². The molecule has 3 aromatic rings. The maximum Gasteiger partial charge on any atom is 0.255 e. The Morgan fingerprint density at radius 3 is 2.84 bits per heavy atom. The summed E-state index contributed by atoms with van der Waals surface area (Å²) in [6.07, 6.45) is 4.77. The van der Waals surface area contributed by atoms with Gasteiger partial charge in [0.15, 0.2) is 5.65 Å². The summed E-state index contributed by atoms with van der Waals surface area (Å²) in [7, 11) is 3.33. The maximum absolute atomic E-state index is 13.7. The third kappa shape index (κ3) is 3.91. The Morgan fingerprint density at radius 1 is 1.38 bits per heavy atom. The Labute approximate surface area is 185 Å². The predicted molar refractivity (Wildman–Crippen MR) is 120 cm³/mol. The van der Waals surface area contributed by atoms with Gasteiger partial charge in [0, 0.05) is 43.5 Å². The van der Waals surface area contributed by atoms with E-state index in [4.69, 9.17) is 5.26 Å². The van der Waals surface area contributed by atoms with Crippen LogP contribution < -0.4 is 10.6 Å². The van der Waals surface area contributed by atoms with Crippen LogP contribution in [0.5, 0.6) is 0 Å². The first-order valence-corrected chi connectivity index (χ1v) is 10.4. The molecule has 2 aromatic heterocycles. The molecule has 2 heterocycles. The second-order valence-electron chi connectivity index (χ2n) is 7.99. The number of hydrogen-bond donors (Lipinski definition) is 3. The molecule has 0 saturated heterocycles. The average molecular weight is 433 g/mol. The average Bonchev–Trinajstić information content (AvgIpc) is 3.18. The van der Waals surface area contributed by atoms with Gasteiger partial charge in [-0.1, -0.05) is 0 Å². The van der Waals surface area contributed by atoms with Crippen LogP contribution in [-0.4, -0.2) is 46.7 Å². The van der Waals surface area contributed by atoms with Crippen LogP contribution in [0.3, 0.4) is 0 Å². The Kier molecular flexibility index (Phi) is 5.86. The minimum atomic E-state index is -0.360. The van der Waals surface area contributed by atoms with Crippen molar-refractivity contribution >= 4 is 28.5 Å². The van der Waals surface area contributed by atoms with E-state index in [-0.39, 0.29) is 23.7 Å². The van der Waals surface area contributed by atoms with Crippen LogP contribution in [0.15, 0.2) is 35.6 Å². The number of H-pyrrole nitrogens is 1. The normalized spacial score (nSPS) is 19.2. The Hall–Kier alpha value is -3.80. The molecular weight excluding hydrogens is 409 g/mol. The number of halogens is 1. The van der Waals surface area contributed by atoms with Gasteiger partial charge in [-0.25, -0.2) is 14.4 Å². The highest BCUT2D eigenvalue weighted by Crippen LogP contribution is 2.35. The first kappa shape index (κ1) is 21.4. The van der Waals surface area contributed by atoms with Crippen molar-refractivity contribution in [2.24, 2.45) is 16.8 Å². The van der Waals surface area contributed by atoms with E-state index in [0.29, 0.717) is 45.3 Å². The van der Waals surface area contributed by atoms with Gasteiger partial charge >= 0.3 is 0 Å². The van der Waals surface area contributed by atoms with E-state index < -0.39 is 0 Å². The number of anilines is 1. The van der Waals surface area contributed by atoms with E-state index >= 15 is 0 Å². The molecule has 4 rings (SSSR count). The molecule has 8 nitrogen and oxygen atoms in total. The Bertz CT molecular complexity index is 1240. The van der Waals surface area contributed by atoms with Crippen LogP contribution in [0, 0.1) is 29.0 Å². The quantitative estimate of drug-likeness (QED) is 0.516. The van der Waals surface area contributed by atoms with Crippen molar-refractivity contribution in [3.05, 3.63) is 53.2 Å². The molecule has 1 aliphatic rings. The summed E-state index contributed by atoms with van der Waals surface area (Å²) in [6, 6.07) is 6.61. The minimum absolute atomic E-state index is 0.0432. The fourth-order valence-electron chi connectivity index (χ4n) is 4.06. The van der Waals surface area contributed by atoms with Gasteiger partial charge in [-0.2, -0.15) is 5.26 Å². The van der Waals surface area contributed by atoms with E-state index in [1.165, 1.54) is 12.1 Å². The van der Waals surface area contributed by atoms with Crippen molar-refractivity contribution < 1.29 is 9.18 Å². The van der Waals surface area contributed by atoms with E-state index in [1.54, 1.807) is 32.6 Å². The highest BCUT2D eigenvalue weighted by atomic mass is 19.1. The standard InChI is InChI=1S/C23H24FN7O/c1-12(14-6-13(7-14)9-25)30-23(32)17-10-28-22-21(17)31-19(11-29-22)20(27-3)16-5-4-15(24)8-18(16)26-2/h4-5,8,10-14,26H,6-7H2,1-3H3,(H,28,29)(H,30,32). The second-order valence-corrected chi connectivity index (χ2v) is 7.99. The van der Waals surface area contributed by atoms with Crippen molar-refractivity contribution in [3.8, 4) is 6.07 Å². The van der Waals surface area contributed by atoms with Gasteiger partial charge in [0.2, 0.25) is 0 Å². The molecule has 0 spiro atoms. The first-order chi connectivity index (χ1) is 15.4. The number of aromatic nitrogens is 3. The number of carbonyl (C=O) groups is 1. The highest BCUT2D eigenvalue weighted by molar-refractivity contribution is 6.15. The number of fused-ring (bicyclic) bond motifs is 1. The summed E-state index contributed by atoms with van der Waals surface area (Å²) in [6.45, 7) is 1.96. The van der Waals surface area contributed by atoms with Crippen LogP contribution in [-0.2, 0) is 0 Å². The molecule has 0 bridgehead atoms. The van der Waals surface area contributed by atoms with Gasteiger partial charge in [0.25, 0.3) is 5.91 Å². The van der Waals surface area contributed by atoms with Crippen molar-refractivity contribution in [1.82, 2.24) is 20.3 Å². The lowest BCUT2D eigenvalue weighted by molar-refractivity contribution is 0.0896. The molecule has 1 fully saturated rings. The molecular formula is C23H24FN7O. The number of rotatable bonds is 6. The molecule has 1 aliphatic carbocycles. The highest BCUT2D eigenvalue weighted by Gasteiger charge is 2.34.